The monoisotopic (exact) mass is 1190 g/mol. The third kappa shape index (κ3) is 35.6. The Labute approximate surface area is 526 Å². The van der Waals surface area contributed by atoms with Gasteiger partial charge in [-0.2, -0.15) is 0 Å². The number of unbranched alkanes of at least 4 members (excludes halogenated alkanes) is 36. The third-order valence-corrected chi connectivity index (χ3v) is 16.6. The molecule has 0 bridgehead atoms. The molecule has 0 aromatic heterocycles. The SMILES string of the molecule is C=Cc1ccc(COC(=O)c2cc(OCc3ccc(OCCCCCCCCCCCC)c(OCCCCCCCCCCCC)c3)cc(OCc3ccc(OCCCCCCCCCCCC)c(OCCCCCCCCCCCC)c3)c2)cc1. The van der Waals surface area contributed by atoms with Crippen LogP contribution < -0.4 is 28.4 Å². The number of benzene rings is 4. The molecule has 0 spiro atoms. The van der Waals surface area contributed by atoms with Crippen molar-refractivity contribution < 1.29 is 38.0 Å². The van der Waals surface area contributed by atoms with E-state index in [9.17, 15) is 4.79 Å². The fraction of sp³-hybridized carbons (Fsp3) is 0.654. The number of esters is 1. The lowest BCUT2D eigenvalue weighted by Gasteiger charge is -2.16. The quantitative estimate of drug-likeness (QED) is 0.0319. The van der Waals surface area contributed by atoms with Crippen molar-refractivity contribution in [2.75, 3.05) is 26.4 Å². The first-order chi connectivity index (χ1) is 42.5. The Morgan fingerprint density at radius 1 is 0.314 bits per heavy atom. The summed E-state index contributed by atoms with van der Waals surface area (Å²) in [4.78, 5) is 13.9. The molecule has 0 heterocycles. The van der Waals surface area contributed by atoms with Crippen molar-refractivity contribution in [2.45, 2.75) is 304 Å². The van der Waals surface area contributed by atoms with E-state index in [2.05, 4.69) is 58.5 Å². The van der Waals surface area contributed by atoms with Crippen LogP contribution in [0.4, 0.5) is 0 Å². The second-order valence-corrected chi connectivity index (χ2v) is 24.5. The van der Waals surface area contributed by atoms with Crippen LogP contribution in [-0.4, -0.2) is 32.4 Å². The summed E-state index contributed by atoms with van der Waals surface area (Å²) in [5.41, 5.74) is 4.11. The summed E-state index contributed by atoms with van der Waals surface area (Å²) >= 11 is 0. The zero-order valence-electron chi connectivity index (χ0n) is 55.3. The molecule has 86 heavy (non-hydrogen) atoms. The predicted molar refractivity (Wildman–Crippen MR) is 363 cm³/mol. The molecule has 0 atom stereocenters. The van der Waals surface area contributed by atoms with Crippen LogP contribution in [0.2, 0.25) is 0 Å². The van der Waals surface area contributed by atoms with E-state index in [1.807, 2.05) is 42.5 Å². The van der Waals surface area contributed by atoms with Crippen LogP contribution in [0.1, 0.15) is 317 Å². The van der Waals surface area contributed by atoms with E-state index in [1.165, 1.54) is 218 Å². The molecule has 0 aliphatic carbocycles. The number of hydrogen-bond donors (Lipinski definition) is 0. The molecule has 482 valence electrons. The first kappa shape index (κ1) is 73.4. The second-order valence-electron chi connectivity index (χ2n) is 24.5. The Balaban J connectivity index is 1.45. The van der Waals surface area contributed by atoms with Crippen molar-refractivity contribution in [1.29, 1.82) is 0 Å². The molecule has 0 aliphatic heterocycles. The average molecular weight is 1190 g/mol. The Kier molecular flexibility index (Phi) is 43.4. The van der Waals surface area contributed by atoms with E-state index in [1.54, 1.807) is 18.2 Å². The van der Waals surface area contributed by atoms with Crippen LogP contribution in [0.25, 0.3) is 6.08 Å². The molecule has 8 heteroatoms. The van der Waals surface area contributed by atoms with E-state index >= 15 is 0 Å². The fourth-order valence-corrected chi connectivity index (χ4v) is 11.0. The van der Waals surface area contributed by atoms with Gasteiger partial charge in [-0.05, 0) is 84.3 Å². The maximum absolute atomic E-state index is 13.9. The maximum Gasteiger partial charge on any atom is 0.338 e. The molecular weight excluding hydrogens is 1060 g/mol. The summed E-state index contributed by atoms with van der Waals surface area (Å²) in [5, 5.41) is 0. The van der Waals surface area contributed by atoms with Crippen molar-refractivity contribution in [3.63, 3.8) is 0 Å². The van der Waals surface area contributed by atoms with Gasteiger partial charge in [0.2, 0.25) is 0 Å². The van der Waals surface area contributed by atoms with Gasteiger partial charge < -0.3 is 33.2 Å². The van der Waals surface area contributed by atoms with Gasteiger partial charge in [-0.15, -0.1) is 0 Å². The lowest BCUT2D eigenvalue weighted by molar-refractivity contribution is 0.0471. The van der Waals surface area contributed by atoms with Gasteiger partial charge >= 0.3 is 5.97 Å². The van der Waals surface area contributed by atoms with Crippen molar-refractivity contribution in [2.24, 2.45) is 0 Å². The second kappa shape index (κ2) is 50.8. The highest BCUT2D eigenvalue weighted by Crippen LogP contribution is 2.33. The molecule has 0 fully saturated rings. The topological polar surface area (TPSA) is 81.7 Å². The van der Waals surface area contributed by atoms with Crippen LogP contribution in [0.3, 0.4) is 0 Å². The van der Waals surface area contributed by atoms with Crippen molar-refractivity contribution in [1.82, 2.24) is 0 Å². The van der Waals surface area contributed by atoms with E-state index in [4.69, 9.17) is 33.2 Å². The van der Waals surface area contributed by atoms with E-state index in [0.29, 0.717) is 43.5 Å². The number of carbonyl (C=O) groups excluding carboxylic acids is 1. The highest BCUT2D eigenvalue weighted by Gasteiger charge is 2.16. The van der Waals surface area contributed by atoms with Crippen LogP contribution in [0, 0.1) is 0 Å². The summed E-state index contributed by atoms with van der Waals surface area (Å²) in [6.07, 6.45) is 52.9. The normalized spacial score (nSPS) is 11.2. The summed E-state index contributed by atoms with van der Waals surface area (Å²) in [7, 11) is 0. The number of ether oxygens (including phenoxy) is 7. The highest BCUT2D eigenvalue weighted by atomic mass is 16.5. The lowest BCUT2D eigenvalue weighted by Crippen LogP contribution is -2.07. The minimum absolute atomic E-state index is 0.128. The predicted octanol–water partition coefficient (Wildman–Crippen LogP) is 24.0. The molecule has 0 saturated heterocycles. The number of hydrogen-bond acceptors (Lipinski definition) is 8. The smallest absolute Gasteiger partial charge is 0.338 e. The average Bonchev–Trinajstić information content (AvgIpc) is 3.53. The minimum atomic E-state index is -0.466. The summed E-state index contributed by atoms with van der Waals surface area (Å²) in [6.45, 7) is 16.2. The minimum Gasteiger partial charge on any atom is -0.490 e. The number of rotatable bonds is 58. The first-order valence-corrected chi connectivity index (χ1v) is 35.5. The Hall–Kier alpha value is -5.11. The molecule has 0 amide bonds. The van der Waals surface area contributed by atoms with Crippen LogP contribution >= 0.6 is 0 Å². The van der Waals surface area contributed by atoms with E-state index in [0.717, 1.165) is 83.8 Å². The molecule has 8 nitrogen and oxygen atoms in total. The fourth-order valence-electron chi connectivity index (χ4n) is 11.0. The van der Waals surface area contributed by atoms with Gasteiger partial charge in [0.25, 0.3) is 0 Å². The molecule has 4 aromatic carbocycles. The van der Waals surface area contributed by atoms with Gasteiger partial charge in [-0.1, -0.05) is 308 Å². The van der Waals surface area contributed by atoms with Crippen molar-refractivity contribution in [3.05, 3.63) is 113 Å². The molecule has 0 aliphatic rings. The molecule has 0 radical (unpaired) electrons. The lowest BCUT2D eigenvalue weighted by atomic mass is 10.1. The van der Waals surface area contributed by atoms with Gasteiger partial charge in [0.1, 0.15) is 31.3 Å². The molecule has 0 saturated carbocycles. The summed E-state index contributed by atoms with van der Waals surface area (Å²) in [6, 6.07) is 25.4. The van der Waals surface area contributed by atoms with E-state index in [-0.39, 0.29) is 19.8 Å². The van der Waals surface area contributed by atoms with Crippen molar-refractivity contribution in [3.8, 4) is 34.5 Å². The Bertz CT molecular complexity index is 2150. The van der Waals surface area contributed by atoms with Crippen LogP contribution in [0.15, 0.2) is 85.4 Å². The van der Waals surface area contributed by atoms with Crippen LogP contribution in [-0.2, 0) is 24.6 Å². The van der Waals surface area contributed by atoms with Crippen molar-refractivity contribution >= 4 is 12.0 Å². The number of carbonyl (C=O) groups is 1. The standard InChI is InChI=1S/C78H122O8/c1-6-11-15-19-23-27-31-35-39-43-55-80-74-53-51-69(59-76(74)82-57-45-41-37-33-29-25-21-17-13-8-3)65-84-72-61-71(78(79)86-64-68-49-47-67(10-5)48-50-68)62-73(63-72)85-66-70-52-54-75(81-56-44-40-36-32-28-24-20-16-12-7-2)77(60-70)83-58-46-42-38-34-30-26-22-18-14-9-4/h10,47-54,59-63H,5-9,11-46,55-58,64-66H2,1-4H3. The molecular formula is C78H122O8. The highest BCUT2D eigenvalue weighted by molar-refractivity contribution is 5.90. The molecule has 4 rings (SSSR count). The maximum atomic E-state index is 13.9. The molecule has 4 aromatic rings. The molecule has 0 unspecified atom stereocenters. The van der Waals surface area contributed by atoms with Gasteiger partial charge in [-0.3, -0.25) is 0 Å². The van der Waals surface area contributed by atoms with Gasteiger partial charge in [-0.25, -0.2) is 4.79 Å². The van der Waals surface area contributed by atoms with Gasteiger partial charge in [0.05, 0.1) is 32.0 Å². The largest absolute Gasteiger partial charge is 0.490 e. The summed E-state index contributed by atoms with van der Waals surface area (Å²) < 4.78 is 44.9. The molecule has 0 N–H and O–H groups in total. The Morgan fingerprint density at radius 3 is 0.919 bits per heavy atom. The third-order valence-electron chi connectivity index (χ3n) is 16.6. The first-order valence-electron chi connectivity index (χ1n) is 35.5. The van der Waals surface area contributed by atoms with Gasteiger partial charge in [0.15, 0.2) is 23.0 Å². The Morgan fingerprint density at radius 2 is 0.605 bits per heavy atom. The zero-order valence-corrected chi connectivity index (χ0v) is 55.3. The zero-order chi connectivity index (χ0) is 61.0. The summed E-state index contributed by atoms with van der Waals surface area (Å²) in [5.74, 6) is 3.57. The van der Waals surface area contributed by atoms with Gasteiger partial charge in [0, 0.05) is 6.07 Å². The van der Waals surface area contributed by atoms with E-state index < -0.39 is 5.97 Å². The van der Waals surface area contributed by atoms with Crippen LogP contribution in [0.5, 0.6) is 34.5 Å².